The Hall–Kier alpha value is -2.78. The molecule has 2 heterocycles. The Morgan fingerprint density at radius 2 is 2.00 bits per heavy atom. The Balaban J connectivity index is 1.56. The summed E-state index contributed by atoms with van der Waals surface area (Å²) < 4.78 is 0. The predicted octanol–water partition coefficient (Wildman–Crippen LogP) is 3.13. The molecule has 1 aromatic carbocycles. The Kier molecular flexibility index (Phi) is 4.37. The fraction of sp³-hybridized carbons (Fsp3) is 0.125. The van der Waals surface area contributed by atoms with E-state index in [1.165, 1.54) is 6.20 Å². The van der Waals surface area contributed by atoms with E-state index in [1.54, 1.807) is 17.5 Å². The highest BCUT2D eigenvalue weighted by Gasteiger charge is 2.04. The normalized spacial score (nSPS) is 10.1. The summed E-state index contributed by atoms with van der Waals surface area (Å²) in [6.07, 6.45) is 3.83. The molecule has 0 aliphatic heterocycles. The van der Waals surface area contributed by atoms with E-state index < -0.39 is 0 Å². The first-order valence-electron chi connectivity index (χ1n) is 6.81. The highest BCUT2D eigenvalue weighted by Crippen LogP contribution is 2.23. The van der Waals surface area contributed by atoms with Gasteiger partial charge in [-0.1, -0.05) is 30.3 Å². The zero-order valence-corrected chi connectivity index (χ0v) is 12.5. The molecule has 1 N–H and O–H groups in total. The van der Waals surface area contributed by atoms with Crippen molar-refractivity contribution in [3.8, 4) is 16.6 Å². The average Bonchev–Trinajstić information content (AvgIpc) is 3.05. The quantitative estimate of drug-likeness (QED) is 0.784. The van der Waals surface area contributed by atoms with Crippen molar-refractivity contribution in [1.82, 2.24) is 15.0 Å². The van der Waals surface area contributed by atoms with Gasteiger partial charge in [0.15, 0.2) is 5.69 Å². The topological polar surface area (TPSA) is 74.5 Å². The van der Waals surface area contributed by atoms with Gasteiger partial charge in [-0.2, -0.15) is 5.26 Å². The van der Waals surface area contributed by atoms with Gasteiger partial charge < -0.3 is 5.32 Å². The molecule has 5 nitrogen and oxygen atoms in total. The van der Waals surface area contributed by atoms with E-state index >= 15 is 0 Å². The number of nitrogens with zero attached hydrogens (tertiary/aromatic N) is 4. The Morgan fingerprint density at radius 3 is 2.73 bits per heavy atom. The maximum absolute atomic E-state index is 8.67. The van der Waals surface area contributed by atoms with Gasteiger partial charge >= 0.3 is 0 Å². The van der Waals surface area contributed by atoms with Crippen LogP contribution in [0, 0.1) is 11.3 Å². The van der Waals surface area contributed by atoms with Crippen LogP contribution in [0.3, 0.4) is 0 Å². The lowest BCUT2D eigenvalue weighted by molar-refractivity contribution is 0.964. The van der Waals surface area contributed by atoms with Gasteiger partial charge in [-0.05, 0) is 0 Å². The third-order valence-corrected chi connectivity index (χ3v) is 3.97. The molecule has 0 unspecified atom stereocenters. The second-order valence-electron chi connectivity index (χ2n) is 4.59. The van der Waals surface area contributed by atoms with Crippen molar-refractivity contribution in [3.63, 3.8) is 0 Å². The summed E-state index contributed by atoms with van der Waals surface area (Å²) in [6, 6.07) is 12.1. The summed E-state index contributed by atoms with van der Waals surface area (Å²) in [5.41, 5.74) is 2.51. The number of benzene rings is 1. The summed E-state index contributed by atoms with van der Waals surface area (Å²) in [7, 11) is 0. The molecule has 6 heteroatoms. The van der Waals surface area contributed by atoms with Crippen LogP contribution in [-0.4, -0.2) is 21.5 Å². The lowest BCUT2D eigenvalue weighted by Crippen LogP contribution is -2.07. The van der Waals surface area contributed by atoms with E-state index in [2.05, 4.69) is 37.8 Å². The summed E-state index contributed by atoms with van der Waals surface area (Å²) in [5.74, 6) is 0.664. The van der Waals surface area contributed by atoms with Crippen molar-refractivity contribution >= 4 is 17.2 Å². The van der Waals surface area contributed by atoms with Crippen LogP contribution in [0.1, 0.15) is 11.4 Å². The zero-order valence-electron chi connectivity index (χ0n) is 11.7. The van der Waals surface area contributed by atoms with E-state index in [-0.39, 0.29) is 0 Å². The minimum atomic E-state index is 0.317. The second kappa shape index (κ2) is 6.78. The van der Waals surface area contributed by atoms with E-state index in [9.17, 15) is 0 Å². The van der Waals surface area contributed by atoms with Crippen LogP contribution in [0.15, 0.2) is 48.1 Å². The van der Waals surface area contributed by atoms with Crippen molar-refractivity contribution in [3.05, 3.63) is 59.5 Å². The van der Waals surface area contributed by atoms with Crippen molar-refractivity contribution < 1.29 is 0 Å². The lowest BCUT2D eigenvalue weighted by atomic mass is 10.2. The second-order valence-corrected chi connectivity index (χ2v) is 5.44. The van der Waals surface area contributed by atoms with Gasteiger partial charge in [0.25, 0.3) is 0 Å². The monoisotopic (exact) mass is 307 g/mol. The fourth-order valence-electron chi connectivity index (χ4n) is 1.93. The van der Waals surface area contributed by atoms with Crippen LogP contribution < -0.4 is 5.32 Å². The number of hydrogen-bond donors (Lipinski definition) is 1. The minimum Gasteiger partial charge on any atom is -0.368 e. The third kappa shape index (κ3) is 3.45. The molecular weight excluding hydrogens is 294 g/mol. The number of anilines is 1. The number of rotatable bonds is 5. The molecule has 2 aromatic heterocycles. The van der Waals surface area contributed by atoms with E-state index in [4.69, 9.17) is 5.26 Å². The molecule has 0 aliphatic carbocycles. The molecule has 0 fully saturated rings. The number of thiazole rings is 1. The molecule has 0 saturated carbocycles. The lowest BCUT2D eigenvalue weighted by Gasteiger charge is -2.03. The molecule has 0 bridgehead atoms. The zero-order chi connectivity index (χ0) is 15.2. The van der Waals surface area contributed by atoms with Crippen LogP contribution in [0.2, 0.25) is 0 Å². The van der Waals surface area contributed by atoms with Crippen LogP contribution in [0.5, 0.6) is 0 Å². The Bertz CT molecular complexity index is 774. The molecule has 0 atom stereocenters. The maximum Gasteiger partial charge on any atom is 0.158 e. The molecule has 3 aromatic rings. The molecule has 0 spiro atoms. The van der Waals surface area contributed by atoms with E-state index in [0.29, 0.717) is 11.5 Å². The molecule has 108 valence electrons. The summed E-state index contributed by atoms with van der Waals surface area (Å²) in [6.45, 7) is 0.721. The van der Waals surface area contributed by atoms with Crippen LogP contribution >= 0.6 is 11.3 Å². The predicted molar refractivity (Wildman–Crippen MR) is 86.5 cm³/mol. The largest absolute Gasteiger partial charge is 0.368 e. The average molecular weight is 307 g/mol. The molecule has 0 saturated heterocycles. The first-order chi connectivity index (χ1) is 10.8. The minimum absolute atomic E-state index is 0.317. The van der Waals surface area contributed by atoms with Crippen molar-refractivity contribution in [2.45, 2.75) is 6.42 Å². The summed E-state index contributed by atoms with van der Waals surface area (Å²) in [5, 5.41) is 15.0. The number of nitriles is 1. The van der Waals surface area contributed by atoms with E-state index in [0.717, 1.165) is 29.2 Å². The number of aromatic nitrogens is 3. The van der Waals surface area contributed by atoms with Gasteiger partial charge in [0.1, 0.15) is 16.9 Å². The van der Waals surface area contributed by atoms with Gasteiger partial charge in [0, 0.05) is 23.9 Å². The van der Waals surface area contributed by atoms with Gasteiger partial charge in [-0.3, -0.25) is 0 Å². The fourth-order valence-corrected chi connectivity index (χ4v) is 2.79. The standard InChI is InChI=1S/C16H13N5S/c17-8-14-9-20-15(10-19-14)18-7-6-13-11-22-16(21-13)12-4-2-1-3-5-12/h1-5,9-11H,6-7H2,(H,18,20). The molecule has 0 radical (unpaired) electrons. The number of nitrogens with one attached hydrogen (secondary N) is 1. The highest BCUT2D eigenvalue weighted by atomic mass is 32.1. The first-order valence-corrected chi connectivity index (χ1v) is 7.69. The van der Waals surface area contributed by atoms with Crippen LogP contribution in [0.4, 0.5) is 5.82 Å². The smallest absolute Gasteiger partial charge is 0.158 e. The van der Waals surface area contributed by atoms with Gasteiger partial charge in [0.05, 0.1) is 18.1 Å². The molecule has 22 heavy (non-hydrogen) atoms. The first kappa shape index (κ1) is 14.2. The Labute approximate surface area is 132 Å². The maximum atomic E-state index is 8.67. The summed E-state index contributed by atoms with van der Waals surface area (Å²) in [4.78, 5) is 12.7. The van der Waals surface area contributed by atoms with Gasteiger partial charge in [-0.15, -0.1) is 11.3 Å². The van der Waals surface area contributed by atoms with Crippen LogP contribution in [0.25, 0.3) is 10.6 Å². The van der Waals surface area contributed by atoms with Gasteiger partial charge in [-0.25, -0.2) is 15.0 Å². The molecular formula is C16H13N5S. The number of hydrogen-bond acceptors (Lipinski definition) is 6. The highest BCUT2D eigenvalue weighted by molar-refractivity contribution is 7.13. The van der Waals surface area contributed by atoms with E-state index in [1.807, 2.05) is 24.3 Å². The third-order valence-electron chi connectivity index (χ3n) is 3.03. The molecule has 0 amide bonds. The Morgan fingerprint density at radius 1 is 1.14 bits per heavy atom. The van der Waals surface area contributed by atoms with Crippen molar-refractivity contribution in [2.24, 2.45) is 0 Å². The summed E-state index contributed by atoms with van der Waals surface area (Å²) >= 11 is 1.65. The molecule has 3 rings (SSSR count). The van der Waals surface area contributed by atoms with Crippen molar-refractivity contribution in [2.75, 3.05) is 11.9 Å². The SMILES string of the molecule is N#Cc1cnc(NCCc2csc(-c3ccccc3)n2)cn1. The van der Waals surface area contributed by atoms with Crippen LogP contribution in [-0.2, 0) is 6.42 Å². The van der Waals surface area contributed by atoms with Crippen molar-refractivity contribution in [1.29, 1.82) is 5.26 Å². The molecule has 0 aliphatic rings. The van der Waals surface area contributed by atoms with Gasteiger partial charge in [0.2, 0.25) is 0 Å².